The van der Waals surface area contributed by atoms with Crippen molar-refractivity contribution in [1.29, 1.82) is 0 Å². The predicted octanol–water partition coefficient (Wildman–Crippen LogP) is 3.45. The molecule has 10 heteroatoms. The molecule has 0 spiro atoms. The Hall–Kier alpha value is -2.78. The average molecular weight is 462 g/mol. The van der Waals surface area contributed by atoms with Crippen LogP contribution < -0.4 is 9.80 Å². The summed E-state index contributed by atoms with van der Waals surface area (Å²) in [6.45, 7) is 3.91. The van der Waals surface area contributed by atoms with Gasteiger partial charge in [-0.2, -0.15) is 0 Å². The summed E-state index contributed by atoms with van der Waals surface area (Å²) in [5.41, 5.74) is 1.04. The molecule has 1 aliphatic heterocycles. The zero-order chi connectivity index (χ0) is 22.2. The van der Waals surface area contributed by atoms with Gasteiger partial charge < -0.3 is 9.80 Å². The van der Waals surface area contributed by atoms with Crippen LogP contribution in [-0.2, 0) is 9.84 Å². The van der Waals surface area contributed by atoms with Crippen molar-refractivity contribution in [1.82, 2.24) is 15.0 Å². The van der Waals surface area contributed by atoms with E-state index < -0.39 is 9.84 Å². The summed E-state index contributed by atoms with van der Waals surface area (Å²) in [5, 5.41) is 0.329. The lowest BCUT2D eigenvalue weighted by atomic mass is 10.1. The largest absolute Gasteiger partial charge is 0.352 e. The molecule has 0 N–H and O–H groups in total. The molecule has 1 atom stereocenters. The van der Waals surface area contributed by atoms with Crippen LogP contribution in [0.2, 0.25) is 5.02 Å². The number of hydrogen-bond donors (Lipinski definition) is 0. The molecule has 1 saturated heterocycles. The highest BCUT2D eigenvalue weighted by Crippen LogP contribution is 2.29. The smallest absolute Gasteiger partial charge is 0.249 e. The maximum Gasteiger partial charge on any atom is 0.249 e. The normalized spacial score (nSPS) is 17.1. The summed E-state index contributed by atoms with van der Waals surface area (Å²) in [5.74, 6) is 0.857. The second kappa shape index (κ2) is 8.39. The first-order valence-corrected chi connectivity index (χ1v) is 12.0. The van der Waals surface area contributed by atoms with Gasteiger partial charge in [0.1, 0.15) is 17.5 Å². The fourth-order valence-electron chi connectivity index (χ4n) is 3.59. The van der Waals surface area contributed by atoms with Gasteiger partial charge in [-0.05, 0) is 43.3 Å². The van der Waals surface area contributed by atoms with Gasteiger partial charge in [-0.25, -0.2) is 27.8 Å². The minimum absolute atomic E-state index is 0.00945. The van der Waals surface area contributed by atoms with Crippen LogP contribution in [0, 0.1) is 5.82 Å². The maximum atomic E-state index is 13.3. The topological polar surface area (TPSA) is 79.3 Å². The molecule has 0 saturated carbocycles. The molecule has 4 rings (SSSR count). The molecule has 0 unspecified atom stereocenters. The van der Waals surface area contributed by atoms with Crippen LogP contribution in [0.1, 0.15) is 6.92 Å². The minimum atomic E-state index is -3.64. The molecular weight excluding hydrogens is 441 g/mol. The van der Waals surface area contributed by atoms with Crippen LogP contribution in [-0.4, -0.2) is 55.3 Å². The summed E-state index contributed by atoms with van der Waals surface area (Å²) in [4.78, 5) is 17.1. The number of aromatic nitrogens is 3. The molecule has 0 bridgehead atoms. The van der Waals surface area contributed by atoms with E-state index in [9.17, 15) is 12.8 Å². The summed E-state index contributed by atoms with van der Waals surface area (Å²) in [7, 11) is -3.64. The molecule has 162 valence electrons. The summed E-state index contributed by atoms with van der Waals surface area (Å²) >= 11 is 6.30. The number of rotatable bonds is 4. The van der Waals surface area contributed by atoms with Crippen molar-refractivity contribution in [3.8, 4) is 11.3 Å². The first kappa shape index (κ1) is 21.5. The van der Waals surface area contributed by atoms with E-state index in [0.717, 1.165) is 12.1 Å². The Bertz CT molecular complexity index is 1210. The first-order chi connectivity index (χ1) is 14.7. The molecular formula is C21H21ClFN5O2S. The lowest BCUT2D eigenvalue weighted by Gasteiger charge is -2.41. The van der Waals surface area contributed by atoms with E-state index in [0.29, 0.717) is 41.7 Å². The van der Waals surface area contributed by atoms with E-state index in [4.69, 9.17) is 11.6 Å². The number of sulfone groups is 1. The van der Waals surface area contributed by atoms with Gasteiger partial charge in [0.05, 0.1) is 10.7 Å². The Morgan fingerprint density at radius 3 is 2.52 bits per heavy atom. The van der Waals surface area contributed by atoms with Crippen molar-refractivity contribution in [3.05, 3.63) is 59.5 Å². The van der Waals surface area contributed by atoms with E-state index in [2.05, 4.69) is 19.9 Å². The van der Waals surface area contributed by atoms with Gasteiger partial charge in [-0.1, -0.05) is 11.6 Å². The minimum Gasteiger partial charge on any atom is -0.352 e. The SMILES string of the molecule is C[C@@H]1CN(c2ncccc2Cl)CCN1c1cc(-c2ccc(F)cc2)nc(S(C)(=O)=O)n1. The lowest BCUT2D eigenvalue weighted by molar-refractivity contribution is 0.539. The molecule has 1 fully saturated rings. The number of anilines is 2. The van der Waals surface area contributed by atoms with Crippen molar-refractivity contribution in [2.24, 2.45) is 0 Å². The van der Waals surface area contributed by atoms with Crippen LogP contribution in [0.5, 0.6) is 0 Å². The number of piperazine rings is 1. The van der Waals surface area contributed by atoms with E-state index in [1.165, 1.54) is 12.1 Å². The van der Waals surface area contributed by atoms with Crippen LogP contribution >= 0.6 is 11.6 Å². The van der Waals surface area contributed by atoms with Crippen molar-refractivity contribution in [3.63, 3.8) is 0 Å². The molecule has 7 nitrogen and oxygen atoms in total. The monoisotopic (exact) mass is 461 g/mol. The Labute approximate surface area is 185 Å². The molecule has 0 amide bonds. The van der Waals surface area contributed by atoms with Crippen LogP contribution in [0.3, 0.4) is 0 Å². The van der Waals surface area contributed by atoms with Crippen molar-refractivity contribution < 1.29 is 12.8 Å². The Balaban J connectivity index is 1.68. The molecule has 1 aromatic carbocycles. The third-order valence-corrected chi connectivity index (χ3v) is 6.26. The van der Waals surface area contributed by atoms with Gasteiger partial charge in [0.25, 0.3) is 0 Å². The molecule has 0 radical (unpaired) electrons. The fraction of sp³-hybridized carbons (Fsp3) is 0.286. The maximum absolute atomic E-state index is 13.3. The van der Waals surface area contributed by atoms with Crippen LogP contribution in [0.4, 0.5) is 16.0 Å². The highest BCUT2D eigenvalue weighted by atomic mass is 35.5. The second-order valence-corrected chi connectivity index (χ2v) is 9.79. The lowest BCUT2D eigenvalue weighted by Crippen LogP contribution is -2.52. The summed E-state index contributed by atoms with van der Waals surface area (Å²) in [6.07, 6.45) is 2.78. The summed E-state index contributed by atoms with van der Waals surface area (Å²) < 4.78 is 37.8. The molecule has 3 aromatic rings. The van der Waals surface area contributed by atoms with E-state index in [1.54, 1.807) is 36.5 Å². The third-order valence-electron chi connectivity index (χ3n) is 5.12. The van der Waals surface area contributed by atoms with Gasteiger partial charge >= 0.3 is 0 Å². The van der Waals surface area contributed by atoms with Gasteiger partial charge in [0, 0.05) is 49.8 Å². The van der Waals surface area contributed by atoms with E-state index >= 15 is 0 Å². The van der Waals surface area contributed by atoms with Gasteiger partial charge in [0.15, 0.2) is 0 Å². The fourth-order valence-corrected chi connectivity index (χ4v) is 4.36. The molecule has 2 aromatic heterocycles. The number of pyridine rings is 1. The quantitative estimate of drug-likeness (QED) is 0.550. The molecule has 0 aliphatic carbocycles. The van der Waals surface area contributed by atoms with Crippen LogP contribution in [0.25, 0.3) is 11.3 Å². The molecule has 1 aliphatic rings. The first-order valence-electron chi connectivity index (χ1n) is 9.69. The zero-order valence-corrected chi connectivity index (χ0v) is 18.6. The number of halogens is 2. The highest BCUT2D eigenvalue weighted by molar-refractivity contribution is 7.90. The standard InChI is InChI=1S/C21H21ClFN5O2S/c1-14-13-27(20-17(22)4-3-9-24-20)10-11-28(14)19-12-18(15-5-7-16(23)8-6-15)25-21(26-19)31(2,29)30/h3-9,12,14H,10-11,13H2,1-2H3/t14-/m1/s1. The predicted molar refractivity (Wildman–Crippen MR) is 119 cm³/mol. The Morgan fingerprint density at radius 2 is 1.87 bits per heavy atom. The number of benzene rings is 1. The van der Waals surface area contributed by atoms with Crippen LogP contribution in [0.15, 0.2) is 53.8 Å². The zero-order valence-electron chi connectivity index (χ0n) is 17.0. The molecule has 31 heavy (non-hydrogen) atoms. The Morgan fingerprint density at radius 1 is 1.13 bits per heavy atom. The van der Waals surface area contributed by atoms with Gasteiger partial charge in [-0.3, -0.25) is 0 Å². The Kier molecular flexibility index (Phi) is 5.81. The van der Waals surface area contributed by atoms with E-state index in [-0.39, 0.29) is 17.0 Å². The second-order valence-electron chi connectivity index (χ2n) is 7.47. The molecule has 3 heterocycles. The van der Waals surface area contributed by atoms with Gasteiger partial charge in [-0.15, -0.1) is 0 Å². The van der Waals surface area contributed by atoms with Gasteiger partial charge in [0.2, 0.25) is 15.0 Å². The van der Waals surface area contributed by atoms with Crippen molar-refractivity contribution >= 4 is 33.1 Å². The third kappa shape index (κ3) is 4.62. The van der Waals surface area contributed by atoms with E-state index in [1.807, 2.05) is 11.8 Å². The van der Waals surface area contributed by atoms with Crippen molar-refractivity contribution in [2.75, 3.05) is 35.7 Å². The average Bonchev–Trinajstić information content (AvgIpc) is 2.73. The summed E-state index contributed by atoms with van der Waals surface area (Å²) in [6, 6.07) is 11.1. The van der Waals surface area contributed by atoms with Crippen molar-refractivity contribution in [2.45, 2.75) is 18.1 Å². The highest BCUT2D eigenvalue weighted by Gasteiger charge is 2.28. The number of hydrogen-bond acceptors (Lipinski definition) is 7. The number of nitrogens with zero attached hydrogens (tertiary/aromatic N) is 5.